The summed E-state index contributed by atoms with van der Waals surface area (Å²) < 4.78 is 0. The average molecular weight is 257 g/mol. The number of nitrogens with two attached hydrogens (primary N) is 1. The molecule has 0 spiro atoms. The van der Waals surface area contributed by atoms with Crippen molar-refractivity contribution in [3.05, 3.63) is 0 Å². The molecule has 0 bridgehead atoms. The van der Waals surface area contributed by atoms with E-state index in [1.807, 2.05) is 0 Å². The first-order chi connectivity index (χ1) is 8.38. The molecule has 7 nitrogen and oxygen atoms in total. The maximum atomic E-state index is 11.8. The Hall–Kier alpha value is -1.79. The molecule has 0 radical (unpaired) electrons. The van der Waals surface area contributed by atoms with Crippen LogP contribution in [-0.4, -0.2) is 47.0 Å². The molecule has 1 heterocycles. The van der Waals surface area contributed by atoms with Gasteiger partial charge in [0.1, 0.15) is 0 Å². The summed E-state index contributed by atoms with van der Waals surface area (Å²) in [5, 5.41) is 11.3. The van der Waals surface area contributed by atoms with E-state index in [1.54, 1.807) is 11.8 Å². The highest BCUT2D eigenvalue weighted by Crippen LogP contribution is 2.19. The van der Waals surface area contributed by atoms with Crippen molar-refractivity contribution in [1.29, 1.82) is 0 Å². The Kier molecular flexibility index (Phi) is 4.94. The van der Waals surface area contributed by atoms with Crippen molar-refractivity contribution in [3.8, 4) is 0 Å². The lowest BCUT2D eigenvalue weighted by Crippen LogP contribution is -2.44. The van der Waals surface area contributed by atoms with E-state index >= 15 is 0 Å². The largest absolute Gasteiger partial charge is 0.481 e. The number of hydrogen-bond donors (Lipinski definition) is 3. The molecule has 1 fully saturated rings. The number of aliphatic carboxylic acids is 1. The van der Waals surface area contributed by atoms with Crippen LogP contribution in [0.5, 0.6) is 0 Å². The number of carbonyl (C=O) groups is 3. The molecule has 0 aromatic rings. The highest BCUT2D eigenvalue weighted by Gasteiger charge is 2.28. The second-order valence-corrected chi connectivity index (χ2v) is 4.72. The Morgan fingerprint density at radius 3 is 2.72 bits per heavy atom. The molecule has 1 rings (SSSR count). The van der Waals surface area contributed by atoms with Gasteiger partial charge < -0.3 is 21.1 Å². The summed E-state index contributed by atoms with van der Waals surface area (Å²) >= 11 is 0. The fourth-order valence-electron chi connectivity index (χ4n) is 2.09. The van der Waals surface area contributed by atoms with E-state index in [4.69, 9.17) is 10.8 Å². The first kappa shape index (κ1) is 14.3. The Labute approximate surface area is 105 Å². The zero-order valence-electron chi connectivity index (χ0n) is 10.4. The van der Waals surface area contributed by atoms with E-state index in [1.165, 1.54) is 0 Å². The lowest BCUT2D eigenvalue weighted by molar-refractivity contribution is -0.138. The number of rotatable bonds is 5. The molecule has 0 aromatic heterocycles. The number of amides is 3. The van der Waals surface area contributed by atoms with Crippen LogP contribution in [0, 0.1) is 5.92 Å². The number of nitrogens with one attached hydrogen (secondary N) is 1. The third-order valence-electron chi connectivity index (χ3n) is 2.91. The number of carboxylic acid groups (broad SMARTS) is 1. The number of carbonyl (C=O) groups excluding carboxylic acids is 2. The molecular formula is C11H19N3O4. The second kappa shape index (κ2) is 6.23. The second-order valence-electron chi connectivity index (χ2n) is 4.72. The third kappa shape index (κ3) is 4.60. The van der Waals surface area contributed by atoms with Gasteiger partial charge in [0.25, 0.3) is 0 Å². The Bertz CT molecular complexity index is 345. The van der Waals surface area contributed by atoms with Gasteiger partial charge in [0.05, 0.1) is 0 Å². The molecule has 3 amide bonds. The highest BCUT2D eigenvalue weighted by atomic mass is 16.4. The molecule has 1 aliphatic rings. The molecule has 0 aromatic carbocycles. The summed E-state index contributed by atoms with van der Waals surface area (Å²) in [6.45, 7) is 2.70. The summed E-state index contributed by atoms with van der Waals surface area (Å²) in [6.07, 6.45) is 0.878. The smallest absolute Gasteiger partial charge is 0.317 e. The van der Waals surface area contributed by atoms with Crippen LogP contribution in [0.1, 0.15) is 26.2 Å². The fraction of sp³-hybridized carbons (Fsp3) is 0.727. The van der Waals surface area contributed by atoms with E-state index in [-0.39, 0.29) is 30.8 Å². The number of hydrogen-bond acceptors (Lipinski definition) is 3. The predicted octanol–water partition coefficient (Wildman–Crippen LogP) is -0.243. The maximum Gasteiger partial charge on any atom is 0.317 e. The topological polar surface area (TPSA) is 113 Å². The van der Waals surface area contributed by atoms with Crippen LogP contribution in [0.2, 0.25) is 0 Å². The number of carboxylic acids is 1. The number of primary amides is 1. The zero-order valence-corrected chi connectivity index (χ0v) is 10.4. The van der Waals surface area contributed by atoms with Crippen LogP contribution >= 0.6 is 0 Å². The Morgan fingerprint density at radius 1 is 1.50 bits per heavy atom. The predicted molar refractivity (Wildman–Crippen MR) is 63.7 cm³/mol. The summed E-state index contributed by atoms with van der Waals surface area (Å²) in [5.74, 6) is -1.29. The van der Waals surface area contributed by atoms with Gasteiger partial charge in [-0.2, -0.15) is 0 Å². The average Bonchev–Trinajstić information content (AvgIpc) is 2.63. The minimum Gasteiger partial charge on any atom is -0.481 e. The number of nitrogens with zero attached hydrogens (tertiary/aromatic N) is 1. The summed E-state index contributed by atoms with van der Waals surface area (Å²) in [5.41, 5.74) is 5.03. The molecule has 1 saturated heterocycles. The first-order valence-corrected chi connectivity index (χ1v) is 5.94. The van der Waals surface area contributed by atoms with Crippen LogP contribution in [0.25, 0.3) is 0 Å². The minimum atomic E-state index is -0.843. The van der Waals surface area contributed by atoms with Gasteiger partial charge >= 0.3 is 12.0 Å². The van der Waals surface area contributed by atoms with Crippen LogP contribution in [0.15, 0.2) is 0 Å². The summed E-state index contributed by atoms with van der Waals surface area (Å²) in [7, 11) is 0. The standard InChI is InChI=1S/C11H19N3O4/c1-7(4-9(12)15)13-11(18)14-3-2-8(6-14)5-10(16)17/h7-8H,2-6H2,1H3,(H2,12,15)(H,13,18)(H,16,17). The van der Waals surface area contributed by atoms with Crippen molar-refractivity contribution in [2.24, 2.45) is 11.7 Å². The first-order valence-electron chi connectivity index (χ1n) is 5.94. The van der Waals surface area contributed by atoms with Gasteiger partial charge in [-0.05, 0) is 19.3 Å². The van der Waals surface area contributed by atoms with Crippen molar-refractivity contribution in [2.45, 2.75) is 32.2 Å². The fourth-order valence-corrected chi connectivity index (χ4v) is 2.09. The summed E-state index contributed by atoms with van der Waals surface area (Å²) in [6, 6.07) is -0.579. The molecule has 2 unspecified atom stereocenters. The van der Waals surface area contributed by atoms with Gasteiger partial charge in [-0.1, -0.05) is 0 Å². The molecule has 18 heavy (non-hydrogen) atoms. The minimum absolute atomic E-state index is 0.0136. The normalized spacial score (nSPS) is 20.5. The quantitative estimate of drug-likeness (QED) is 0.630. The molecule has 4 N–H and O–H groups in total. The molecule has 7 heteroatoms. The Morgan fingerprint density at radius 2 is 2.17 bits per heavy atom. The monoisotopic (exact) mass is 257 g/mol. The molecule has 2 atom stereocenters. The van der Waals surface area contributed by atoms with Crippen LogP contribution < -0.4 is 11.1 Å². The zero-order chi connectivity index (χ0) is 13.7. The van der Waals surface area contributed by atoms with Gasteiger partial charge in [0, 0.05) is 32.0 Å². The van der Waals surface area contributed by atoms with Gasteiger partial charge in [-0.25, -0.2) is 4.79 Å². The van der Waals surface area contributed by atoms with Crippen molar-refractivity contribution in [3.63, 3.8) is 0 Å². The van der Waals surface area contributed by atoms with Crippen molar-refractivity contribution >= 4 is 17.9 Å². The lowest BCUT2D eigenvalue weighted by atomic mass is 10.1. The van der Waals surface area contributed by atoms with E-state index in [2.05, 4.69) is 5.32 Å². The van der Waals surface area contributed by atoms with Gasteiger partial charge in [-0.3, -0.25) is 9.59 Å². The van der Waals surface area contributed by atoms with Crippen molar-refractivity contribution in [2.75, 3.05) is 13.1 Å². The molecule has 0 saturated carbocycles. The van der Waals surface area contributed by atoms with Crippen molar-refractivity contribution in [1.82, 2.24) is 10.2 Å². The van der Waals surface area contributed by atoms with Crippen molar-refractivity contribution < 1.29 is 19.5 Å². The van der Waals surface area contributed by atoms with Crippen LogP contribution in [0.4, 0.5) is 4.79 Å². The van der Waals surface area contributed by atoms with E-state index in [0.717, 1.165) is 0 Å². The van der Waals surface area contributed by atoms with Gasteiger partial charge in [0.2, 0.25) is 5.91 Å². The molecule has 1 aliphatic heterocycles. The number of likely N-dealkylation sites (tertiary alicyclic amines) is 1. The van der Waals surface area contributed by atoms with Crippen LogP contribution in [0.3, 0.4) is 0 Å². The maximum absolute atomic E-state index is 11.8. The van der Waals surface area contributed by atoms with Crippen LogP contribution in [-0.2, 0) is 9.59 Å². The van der Waals surface area contributed by atoms with Gasteiger partial charge in [0.15, 0.2) is 0 Å². The molecular weight excluding hydrogens is 238 g/mol. The lowest BCUT2D eigenvalue weighted by Gasteiger charge is -2.20. The van der Waals surface area contributed by atoms with Gasteiger partial charge in [-0.15, -0.1) is 0 Å². The highest BCUT2D eigenvalue weighted by molar-refractivity contribution is 5.78. The third-order valence-corrected chi connectivity index (χ3v) is 2.91. The molecule has 0 aliphatic carbocycles. The Balaban J connectivity index is 2.35. The van der Waals surface area contributed by atoms with E-state index < -0.39 is 11.9 Å². The molecule has 102 valence electrons. The number of urea groups is 1. The van der Waals surface area contributed by atoms with E-state index in [0.29, 0.717) is 19.5 Å². The van der Waals surface area contributed by atoms with E-state index in [9.17, 15) is 14.4 Å². The SMILES string of the molecule is CC(CC(N)=O)NC(=O)N1CCC(CC(=O)O)C1. The summed E-state index contributed by atoms with van der Waals surface area (Å²) in [4.78, 5) is 34.6.